The minimum Gasteiger partial charge on any atom is -0.378 e. The largest absolute Gasteiger partial charge is 0.378 e. The first-order valence-electron chi connectivity index (χ1n) is 6.89. The molecule has 0 spiro atoms. The van der Waals surface area contributed by atoms with E-state index in [0.717, 1.165) is 11.0 Å². The number of benzene rings is 1. The lowest BCUT2D eigenvalue weighted by Gasteiger charge is -2.32. The van der Waals surface area contributed by atoms with Gasteiger partial charge < -0.3 is 9.64 Å². The predicted molar refractivity (Wildman–Crippen MR) is 82.5 cm³/mol. The summed E-state index contributed by atoms with van der Waals surface area (Å²) in [6.07, 6.45) is 0. The molecule has 1 aromatic carbocycles. The minimum absolute atomic E-state index is 0.114. The van der Waals surface area contributed by atoms with Crippen LogP contribution in [0.4, 0.5) is 0 Å². The average molecular weight is 341 g/mol. The van der Waals surface area contributed by atoms with Crippen LogP contribution < -0.4 is 0 Å². The molecule has 0 aliphatic carbocycles. The van der Waals surface area contributed by atoms with Crippen molar-refractivity contribution in [1.82, 2.24) is 9.80 Å². The van der Waals surface area contributed by atoms with Gasteiger partial charge in [-0.05, 0) is 31.7 Å². The average Bonchev–Trinajstić information content (AvgIpc) is 2.49. The molecule has 1 aliphatic rings. The lowest BCUT2D eigenvalue weighted by atomic mass is 10.2. The van der Waals surface area contributed by atoms with Gasteiger partial charge in [0, 0.05) is 24.1 Å². The normalized spacial score (nSPS) is 17.3. The van der Waals surface area contributed by atoms with Crippen molar-refractivity contribution < 1.29 is 9.53 Å². The van der Waals surface area contributed by atoms with E-state index < -0.39 is 0 Å². The SMILES string of the molecule is CC(C(=O)N1CCOCC1)N(C)Cc1ccc(Br)cc1. The van der Waals surface area contributed by atoms with Crippen molar-refractivity contribution in [1.29, 1.82) is 0 Å². The Balaban J connectivity index is 1.91. The highest BCUT2D eigenvalue weighted by molar-refractivity contribution is 9.10. The fourth-order valence-electron chi connectivity index (χ4n) is 2.25. The van der Waals surface area contributed by atoms with E-state index in [-0.39, 0.29) is 11.9 Å². The van der Waals surface area contributed by atoms with Crippen molar-refractivity contribution in [2.45, 2.75) is 19.5 Å². The lowest BCUT2D eigenvalue weighted by molar-refractivity contribution is -0.140. The molecule has 1 saturated heterocycles. The van der Waals surface area contributed by atoms with E-state index in [1.165, 1.54) is 5.56 Å². The van der Waals surface area contributed by atoms with Gasteiger partial charge in [0.15, 0.2) is 0 Å². The van der Waals surface area contributed by atoms with Gasteiger partial charge in [-0.1, -0.05) is 28.1 Å². The number of amides is 1. The molecule has 4 nitrogen and oxygen atoms in total. The molecule has 110 valence electrons. The van der Waals surface area contributed by atoms with Crippen LogP contribution in [0.2, 0.25) is 0 Å². The number of carbonyl (C=O) groups excluding carboxylic acids is 1. The summed E-state index contributed by atoms with van der Waals surface area (Å²) in [5.74, 6) is 0.188. The molecule has 0 radical (unpaired) electrons. The molecule has 1 fully saturated rings. The summed E-state index contributed by atoms with van der Waals surface area (Å²) in [6.45, 7) is 5.44. The second kappa shape index (κ2) is 7.20. The van der Waals surface area contributed by atoms with Gasteiger partial charge in [-0.15, -0.1) is 0 Å². The molecule has 5 heteroatoms. The third-order valence-corrected chi connectivity index (χ3v) is 4.22. The number of rotatable bonds is 4. The molecule has 1 amide bonds. The summed E-state index contributed by atoms with van der Waals surface area (Å²) in [4.78, 5) is 16.4. The Bertz CT molecular complexity index is 444. The van der Waals surface area contributed by atoms with Gasteiger partial charge in [-0.2, -0.15) is 0 Å². The Hall–Kier alpha value is -0.910. The highest BCUT2D eigenvalue weighted by Gasteiger charge is 2.25. The monoisotopic (exact) mass is 340 g/mol. The second-order valence-corrected chi connectivity index (χ2v) is 6.07. The Kier molecular flexibility index (Phi) is 5.57. The van der Waals surface area contributed by atoms with Gasteiger partial charge in [-0.25, -0.2) is 0 Å². The number of halogens is 1. The molecule has 0 N–H and O–H groups in total. The number of hydrogen-bond acceptors (Lipinski definition) is 3. The molecule has 1 aromatic rings. The standard InChI is InChI=1S/C15H21BrN2O2/c1-12(15(19)18-7-9-20-10-8-18)17(2)11-13-3-5-14(16)6-4-13/h3-6,12H,7-11H2,1-2H3. The van der Waals surface area contributed by atoms with Crippen LogP contribution in [0.5, 0.6) is 0 Å². The minimum atomic E-state index is -0.114. The van der Waals surface area contributed by atoms with Crippen molar-refractivity contribution in [3.8, 4) is 0 Å². The first-order valence-corrected chi connectivity index (χ1v) is 7.68. The molecule has 0 bridgehead atoms. The van der Waals surface area contributed by atoms with Crippen LogP contribution >= 0.6 is 15.9 Å². The van der Waals surface area contributed by atoms with Crippen LogP contribution in [0.1, 0.15) is 12.5 Å². The molecule has 2 rings (SSSR count). The first kappa shape index (κ1) is 15.5. The molecule has 1 aliphatic heterocycles. The summed E-state index contributed by atoms with van der Waals surface area (Å²) >= 11 is 3.43. The zero-order valence-corrected chi connectivity index (χ0v) is 13.6. The fourth-order valence-corrected chi connectivity index (χ4v) is 2.52. The maximum Gasteiger partial charge on any atom is 0.239 e. The highest BCUT2D eigenvalue weighted by Crippen LogP contribution is 2.13. The van der Waals surface area contributed by atoms with E-state index in [1.807, 2.05) is 31.0 Å². The molecule has 1 heterocycles. The quantitative estimate of drug-likeness (QED) is 0.841. The molecule has 1 unspecified atom stereocenters. The van der Waals surface area contributed by atoms with Crippen molar-refractivity contribution in [2.24, 2.45) is 0 Å². The van der Waals surface area contributed by atoms with E-state index >= 15 is 0 Å². The van der Waals surface area contributed by atoms with Crippen molar-refractivity contribution in [3.63, 3.8) is 0 Å². The summed E-state index contributed by atoms with van der Waals surface area (Å²) < 4.78 is 6.36. The number of nitrogens with zero attached hydrogens (tertiary/aromatic N) is 2. The van der Waals surface area contributed by atoms with Crippen LogP contribution in [-0.2, 0) is 16.1 Å². The second-order valence-electron chi connectivity index (χ2n) is 5.16. The highest BCUT2D eigenvalue weighted by atomic mass is 79.9. The Morgan fingerprint density at radius 3 is 2.55 bits per heavy atom. The number of likely N-dealkylation sites (N-methyl/N-ethyl adjacent to an activating group) is 1. The third-order valence-electron chi connectivity index (χ3n) is 3.69. The topological polar surface area (TPSA) is 32.8 Å². The van der Waals surface area contributed by atoms with Gasteiger partial charge in [0.2, 0.25) is 5.91 Å². The van der Waals surface area contributed by atoms with Gasteiger partial charge in [0.1, 0.15) is 0 Å². The van der Waals surface area contributed by atoms with E-state index in [1.54, 1.807) is 0 Å². The van der Waals surface area contributed by atoms with Crippen LogP contribution in [-0.4, -0.2) is 55.1 Å². The number of ether oxygens (including phenoxy) is 1. The summed E-state index contributed by atoms with van der Waals surface area (Å²) in [5, 5.41) is 0. The maximum atomic E-state index is 12.4. The summed E-state index contributed by atoms with van der Waals surface area (Å²) in [5.41, 5.74) is 1.21. The Morgan fingerprint density at radius 2 is 1.95 bits per heavy atom. The Morgan fingerprint density at radius 1 is 1.35 bits per heavy atom. The first-order chi connectivity index (χ1) is 9.58. The maximum absolute atomic E-state index is 12.4. The van der Waals surface area contributed by atoms with E-state index in [2.05, 4.69) is 33.0 Å². The molecule has 20 heavy (non-hydrogen) atoms. The third kappa shape index (κ3) is 4.04. The molecule has 0 aromatic heterocycles. The molecule has 0 saturated carbocycles. The van der Waals surface area contributed by atoms with E-state index in [0.29, 0.717) is 26.3 Å². The lowest BCUT2D eigenvalue weighted by Crippen LogP contribution is -2.49. The number of carbonyl (C=O) groups is 1. The van der Waals surface area contributed by atoms with Crippen LogP contribution in [0.15, 0.2) is 28.7 Å². The smallest absolute Gasteiger partial charge is 0.239 e. The number of morpholine rings is 1. The van der Waals surface area contributed by atoms with Gasteiger partial charge in [0.25, 0.3) is 0 Å². The zero-order chi connectivity index (χ0) is 14.5. The van der Waals surface area contributed by atoms with Gasteiger partial charge >= 0.3 is 0 Å². The zero-order valence-electron chi connectivity index (χ0n) is 12.0. The fraction of sp³-hybridized carbons (Fsp3) is 0.533. The van der Waals surface area contributed by atoms with Crippen molar-refractivity contribution in [3.05, 3.63) is 34.3 Å². The van der Waals surface area contributed by atoms with E-state index in [9.17, 15) is 4.79 Å². The Labute approximate surface area is 128 Å². The van der Waals surface area contributed by atoms with Gasteiger partial charge in [-0.3, -0.25) is 9.69 Å². The molecular formula is C15H21BrN2O2. The van der Waals surface area contributed by atoms with Crippen molar-refractivity contribution in [2.75, 3.05) is 33.4 Å². The molecular weight excluding hydrogens is 320 g/mol. The molecule has 1 atom stereocenters. The van der Waals surface area contributed by atoms with E-state index in [4.69, 9.17) is 4.74 Å². The van der Waals surface area contributed by atoms with Crippen LogP contribution in [0, 0.1) is 0 Å². The van der Waals surface area contributed by atoms with Crippen LogP contribution in [0.3, 0.4) is 0 Å². The van der Waals surface area contributed by atoms with Gasteiger partial charge in [0.05, 0.1) is 19.3 Å². The van der Waals surface area contributed by atoms with Crippen LogP contribution in [0.25, 0.3) is 0 Å². The predicted octanol–water partition coefficient (Wildman–Crippen LogP) is 2.13. The van der Waals surface area contributed by atoms with Crippen molar-refractivity contribution >= 4 is 21.8 Å². The summed E-state index contributed by atoms with van der Waals surface area (Å²) in [7, 11) is 1.99. The number of hydrogen-bond donors (Lipinski definition) is 0. The summed E-state index contributed by atoms with van der Waals surface area (Å²) in [6, 6.07) is 8.09.